The van der Waals surface area contributed by atoms with E-state index in [1.165, 1.54) is 0 Å². The van der Waals surface area contributed by atoms with Gasteiger partial charge in [-0.3, -0.25) is 4.79 Å². The number of fused-ring (bicyclic) bond motifs is 1. The molecule has 1 atom stereocenters. The van der Waals surface area contributed by atoms with Crippen molar-refractivity contribution < 1.29 is 9.32 Å². The van der Waals surface area contributed by atoms with Crippen LogP contribution in [0.1, 0.15) is 48.6 Å². The van der Waals surface area contributed by atoms with Crippen molar-refractivity contribution in [3.05, 3.63) is 70.3 Å². The van der Waals surface area contributed by atoms with Crippen molar-refractivity contribution in [3.63, 3.8) is 0 Å². The first-order chi connectivity index (χ1) is 13.6. The minimum atomic E-state index is -0.134. The summed E-state index contributed by atoms with van der Waals surface area (Å²) in [5.41, 5.74) is 4.06. The van der Waals surface area contributed by atoms with Gasteiger partial charge in [-0.15, -0.1) is 0 Å². The molecular weight excluding hydrogens is 376 g/mol. The minimum Gasteiger partial charge on any atom is -0.374 e. The average molecular weight is 397 g/mol. The maximum Gasteiger partial charge on any atom is 0.248 e. The molecule has 1 aliphatic rings. The number of hydrogen-bond donors (Lipinski definition) is 2. The third kappa shape index (κ3) is 4.34. The van der Waals surface area contributed by atoms with E-state index in [1.54, 1.807) is 0 Å². The molecule has 0 radical (unpaired) electrons. The van der Waals surface area contributed by atoms with E-state index >= 15 is 0 Å². The SMILES string of the molecule is CC(Nc1ccc2c(c1)CCCC(=O)N2)c1nc(Cc2ccc(Cl)cc2)no1. The molecule has 0 spiro atoms. The monoisotopic (exact) mass is 396 g/mol. The third-order valence-electron chi connectivity index (χ3n) is 4.74. The Morgan fingerprint density at radius 3 is 2.86 bits per heavy atom. The molecule has 0 saturated heterocycles. The van der Waals surface area contributed by atoms with E-state index < -0.39 is 0 Å². The van der Waals surface area contributed by atoms with Gasteiger partial charge < -0.3 is 15.2 Å². The summed E-state index contributed by atoms with van der Waals surface area (Å²) in [6.07, 6.45) is 2.89. The van der Waals surface area contributed by atoms with Crippen molar-refractivity contribution in [2.45, 2.75) is 38.6 Å². The molecule has 1 aliphatic heterocycles. The number of nitrogens with one attached hydrogen (secondary N) is 2. The van der Waals surface area contributed by atoms with Gasteiger partial charge in [-0.05, 0) is 61.2 Å². The van der Waals surface area contributed by atoms with Crippen molar-refractivity contribution in [1.29, 1.82) is 0 Å². The van der Waals surface area contributed by atoms with Crippen LogP contribution in [0, 0.1) is 0 Å². The molecule has 3 aromatic rings. The number of rotatable bonds is 5. The number of carbonyl (C=O) groups excluding carboxylic acids is 1. The first-order valence-corrected chi connectivity index (χ1v) is 9.71. The Morgan fingerprint density at radius 2 is 2.04 bits per heavy atom. The van der Waals surface area contributed by atoms with Gasteiger partial charge in [-0.2, -0.15) is 4.98 Å². The van der Waals surface area contributed by atoms with E-state index in [0.717, 1.165) is 35.3 Å². The number of nitrogens with zero attached hydrogens (tertiary/aromatic N) is 2. The highest BCUT2D eigenvalue weighted by molar-refractivity contribution is 6.30. The first kappa shape index (κ1) is 18.5. The van der Waals surface area contributed by atoms with Crippen LogP contribution in [0.5, 0.6) is 0 Å². The zero-order valence-corrected chi connectivity index (χ0v) is 16.3. The Kier molecular flexibility index (Phi) is 5.30. The Morgan fingerprint density at radius 1 is 1.21 bits per heavy atom. The number of aryl methyl sites for hydroxylation is 1. The van der Waals surface area contributed by atoms with E-state index in [9.17, 15) is 4.79 Å². The molecule has 28 heavy (non-hydrogen) atoms. The zero-order valence-electron chi connectivity index (χ0n) is 15.5. The summed E-state index contributed by atoms with van der Waals surface area (Å²) in [5, 5.41) is 11.1. The van der Waals surface area contributed by atoms with Gasteiger partial charge in [0.1, 0.15) is 6.04 Å². The topological polar surface area (TPSA) is 80.0 Å². The fourth-order valence-corrected chi connectivity index (χ4v) is 3.40. The molecule has 0 bridgehead atoms. The van der Waals surface area contributed by atoms with Crippen molar-refractivity contribution in [1.82, 2.24) is 10.1 Å². The van der Waals surface area contributed by atoms with Crippen LogP contribution in [0.25, 0.3) is 0 Å². The summed E-state index contributed by atoms with van der Waals surface area (Å²) < 4.78 is 5.43. The van der Waals surface area contributed by atoms with E-state index in [4.69, 9.17) is 16.1 Å². The van der Waals surface area contributed by atoms with Crippen LogP contribution in [0.15, 0.2) is 47.0 Å². The van der Waals surface area contributed by atoms with Crippen LogP contribution in [0.4, 0.5) is 11.4 Å². The molecule has 2 N–H and O–H groups in total. The van der Waals surface area contributed by atoms with Crippen LogP contribution >= 0.6 is 11.6 Å². The molecule has 0 aliphatic carbocycles. The van der Waals surface area contributed by atoms with Crippen LogP contribution in [-0.4, -0.2) is 16.0 Å². The zero-order chi connectivity index (χ0) is 19.5. The number of hydrogen-bond acceptors (Lipinski definition) is 5. The second-order valence-electron chi connectivity index (χ2n) is 6.99. The lowest BCUT2D eigenvalue weighted by Crippen LogP contribution is -2.10. The van der Waals surface area contributed by atoms with Gasteiger partial charge in [-0.25, -0.2) is 0 Å². The van der Waals surface area contributed by atoms with Crippen LogP contribution in [0.2, 0.25) is 5.02 Å². The van der Waals surface area contributed by atoms with Gasteiger partial charge in [0.2, 0.25) is 11.8 Å². The van der Waals surface area contributed by atoms with Crippen LogP contribution < -0.4 is 10.6 Å². The minimum absolute atomic E-state index is 0.0758. The van der Waals surface area contributed by atoms with Gasteiger partial charge in [0.15, 0.2) is 5.82 Å². The van der Waals surface area contributed by atoms with Crippen molar-refractivity contribution in [2.24, 2.45) is 0 Å². The smallest absolute Gasteiger partial charge is 0.248 e. The van der Waals surface area contributed by atoms with Crippen LogP contribution in [-0.2, 0) is 17.6 Å². The Labute approximate surface area is 168 Å². The standard InChI is InChI=1S/C21H21ClN4O2/c1-13(21-25-19(26-28-21)11-14-5-7-16(22)8-6-14)23-17-9-10-18-15(12-17)3-2-4-20(27)24-18/h5-10,12-13,23H,2-4,11H2,1H3,(H,24,27). The van der Waals surface area contributed by atoms with E-state index in [-0.39, 0.29) is 11.9 Å². The van der Waals surface area contributed by atoms with Gasteiger partial charge in [-0.1, -0.05) is 28.9 Å². The normalized spacial score (nSPS) is 14.7. The molecule has 4 rings (SSSR count). The van der Waals surface area contributed by atoms with E-state index in [1.807, 2.05) is 43.3 Å². The maximum absolute atomic E-state index is 11.7. The Balaban J connectivity index is 1.43. The molecule has 0 saturated carbocycles. The highest BCUT2D eigenvalue weighted by Crippen LogP contribution is 2.27. The van der Waals surface area contributed by atoms with Gasteiger partial charge in [0, 0.05) is 29.2 Å². The van der Waals surface area contributed by atoms with Crippen molar-refractivity contribution in [2.75, 3.05) is 10.6 Å². The van der Waals surface area contributed by atoms with Gasteiger partial charge >= 0.3 is 0 Å². The number of benzene rings is 2. The Hall–Kier alpha value is -2.86. The summed E-state index contributed by atoms with van der Waals surface area (Å²) in [7, 11) is 0. The van der Waals surface area contributed by atoms with E-state index in [2.05, 4.69) is 26.8 Å². The molecule has 1 aromatic heterocycles. The predicted molar refractivity (Wildman–Crippen MR) is 109 cm³/mol. The van der Waals surface area contributed by atoms with Gasteiger partial charge in [0.05, 0.1) is 0 Å². The average Bonchev–Trinajstić information content (AvgIpc) is 3.06. The largest absolute Gasteiger partial charge is 0.374 e. The lowest BCUT2D eigenvalue weighted by Gasteiger charge is -2.14. The third-order valence-corrected chi connectivity index (χ3v) is 4.99. The number of anilines is 2. The fourth-order valence-electron chi connectivity index (χ4n) is 3.28. The van der Waals surface area contributed by atoms with Crippen molar-refractivity contribution >= 4 is 28.9 Å². The molecular formula is C21H21ClN4O2. The molecule has 1 amide bonds. The number of halogens is 1. The summed E-state index contributed by atoms with van der Waals surface area (Å²) in [5.74, 6) is 1.25. The van der Waals surface area contributed by atoms with Crippen LogP contribution in [0.3, 0.4) is 0 Å². The lowest BCUT2D eigenvalue weighted by molar-refractivity contribution is -0.116. The number of carbonyl (C=O) groups is 1. The van der Waals surface area contributed by atoms with Gasteiger partial charge in [0.25, 0.3) is 0 Å². The molecule has 7 heteroatoms. The molecule has 144 valence electrons. The first-order valence-electron chi connectivity index (χ1n) is 9.33. The predicted octanol–water partition coefficient (Wildman–Crippen LogP) is 4.76. The molecule has 6 nitrogen and oxygen atoms in total. The Bertz CT molecular complexity index is 984. The van der Waals surface area contributed by atoms with E-state index in [0.29, 0.717) is 29.6 Å². The number of aromatic nitrogens is 2. The second-order valence-corrected chi connectivity index (χ2v) is 7.43. The highest BCUT2D eigenvalue weighted by Gasteiger charge is 2.17. The quantitative estimate of drug-likeness (QED) is 0.649. The molecule has 0 fully saturated rings. The highest BCUT2D eigenvalue weighted by atomic mass is 35.5. The molecule has 1 unspecified atom stereocenters. The molecule has 2 heterocycles. The summed E-state index contributed by atoms with van der Waals surface area (Å²) in [4.78, 5) is 16.2. The summed E-state index contributed by atoms with van der Waals surface area (Å²) in [6.45, 7) is 1.98. The number of amides is 1. The fraction of sp³-hybridized carbons (Fsp3) is 0.286. The van der Waals surface area contributed by atoms with Crippen molar-refractivity contribution in [3.8, 4) is 0 Å². The lowest BCUT2D eigenvalue weighted by atomic mass is 10.1. The summed E-state index contributed by atoms with van der Waals surface area (Å²) in [6, 6.07) is 13.4. The molecule has 2 aromatic carbocycles. The summed E-state index contributed by atoms with van der Waals surface area (Å²) >= 11 is 5.92. The second kappa shape index (κ2) is 8.02. The maximum atomic E-state index is 11.7.